The Labute approximate surface area is 138 Å². The number of benzene rings is 1. The minimum absolute atomic E-state index is 0.243. The van der Waals surface area contributed by atoms with Crippen molar-refractivity contribution in [3.63, 3.8) is 0 Å². The Kier molecular flexibility index (Phi) is 4.77. The van der Waals surface area contributed by atoms with Crippen LogP contribution >= 0.6 is 11.6 Å². The largest absolute Gasteiger partial charge is 0.481 e. The summed E-state index contributed by atoms with van der Waals surface area (Å²) < 4.78 is 39.5. The van der Waals surface area contributed by atoms with E-state index in [1.165, 1.54) is 0 Å². The van der Waals surface area contributed by atoms with Gasteiger partial charge in [0.15, 0.2) is 0 Å². The van der Waals surface area contributed by atoms with Gasteiger partial charge in [-0.15, -0.1) is 0 Å². The molecule has 1 fully saturated rings. The first-order valence-corrected chi connectivity index (χ1v) is 7.55. The van der Waals surface area contributed by atoms with Crippen LogP contribution in [0.2, 0.25) is 5.02 Å². The lowest BCUT2D eigenvalue weighted by atomic mass is 9.66. The maximum atomic E-state index is 14.2. The Bertz CT molecular complexity index is 620. The van der Waals surface area contributed by atoms with Crippen LogP contribution in [0.1, 0.15) is 45.5 Å². The summed E-state index contributed by atoms with van der Waals surface area (Å²) in [5.74, 6) is -3.88. The zero-order chi connectivity index (χ0) is 17.6. The molecule has 1 aromatic carbocycles. The second kappa shape index (κ2) is 6.04. The van der Waals surface area contributed by atoms with E-state index in [4.69, 9.17) is 26.0 Å². The number of carboxylic acid groups (broad SMARTS) is 1. The van der Waals surface area contributed by atoms with E-state index in [2.05, 4.69) is 0 Å². The predicted octanol–water partition coefficient (Wildman–Crippen LogP) is 3.81. The molecular weight excluding hydrogens is 328 g/mol. The van der Waals surface area contributed by atoms with Crippen LogP contribution in [0.5, 0.6) is 0 Å². The smallest absolute Gasteiger partial charge is 0.466 e. The Morgan fingerprint density at radius 1 is 1.22 bits per heavy atom. The fourth-order valence-electron chi connectivity index (χ4n) is 2.46. The molecule has 1 N–H and O–H groups in total. The van der Waals surface area contributed by atoms with Gasteiger partial charge in [0.25, 0.3) is 0 Å². The van der Waals surface area contributed by atoms with Crippen molar-refractivity contribution in [3.05, 3.63) is 34.4 Å². The number of halogens is 3. The topological polar surface area (TPSA) is 55.8 Å². The van der Waals surface area contributed by atoms with E-state index >= 15 is 0 Å². The fraction of sp³-hybridized carbons (Fsp3) is 0.533. The van der Waals surface area contributed by atoms with Crippen molar-refractivity contribution in [2.24, 2.45) is 0 Å². The molecule has 1 aliphatic rings. The van der Waals surface area contributed by atoms with Crippen molar-refractivity contribution in [2.45, 2.75) is 51.1 Å². The summed E-state index contributed by atoms with van der Waals surface area (Å²) in [6.45, 7) is 7.14. The molecule has 126 valence electrons. The third kappa shape index (κ3) is 3.37. The maximum absolute atomic E-state index is 14.2. The van der Waals surface area contributed by atoms with Gasteiger partial charge in [0.2, 0.25) is 0 Å². The van der Waals surface area contributed by atoms with Crippen LogP contribution in [0.3, 0.4) is 0 Å². The Morgan fingerprint density at radius 3 is 2.17 bits per heavy atom. The van der Waals surface area contributed by atoms with Gasteiger partial charge in [-0.25, -0.2) is 8.78 Å². The minimum Gasteiger partial charge on any atom is -0.481 e. The highest BCUT2D eigenvalue weighted by Crippen LogP contribution is 2.43. The van der Waals surface area contributed by atoms with Crippen molar-refractivity contribution in [1.82, 2.24) is 0 Å². The molecule has 0 bridgehead atoms. The molecule has 8 heteroatoms. The van der Waals surface area contributed by atoms with Gasteiger partial charge >= 0.3 is 13.1 Å². The van der Waals surface area contributed by atoms with Crippen LogP contribution in [-0.2, 0) is 14.1 Å². The first kappa shape index (κ1) is 18.2. The van der Waals surface area contributed by atoms with Gasteiger partial charge in [0.05, 0.1) is 22.6 Å². The monoisotopic (exact) mass is 346 g/mol. The van der Waals surface area contributed by atoms with Gasteiger partial charge in [0, 0.05) is 11.4 Å². The molecule has 2 rings (SSSR count). The summed E-state index contributed by atoms with van der Waals surface area (Å²) in [7, 11) is -1.05. The summed E-state index contributed by atoms with van der Waals surface area (Å²) in [4.78, 5) is 11.2. The van der Waals surface area contributed by atoms with Gasteiger partial charge in [0.1, 0.15) is 11.6 Å². The first-order chi connectivity index (χ1) is 10.5. The summed E-state index contributed by atoms with van der Waals surface area (Å²) >= 11 is 5.88. The van der Waals surface area contributed by atoms with Crippen LogP contribution in [0.15, 0.2) is 12.1 Å². The van der Waals surface area contributed by atoms with E-state index in [0.29, 0.717) is 0 Å². The van der Waals surface area contributed by atoms with Crippen molar-refractivity contribution in [3.8, 4) is 0 Å². The molecule has 1 aromatic rings. The van der Waals surface area contributed by atoms with Gasteiger partial charge in [-0.3, -0.25) is 4.79 Å². The summed E-state index contributed by atoms with van der Waals surface area (Å²) in [5.41, 5.74) is -1.71. The van der Waals surface area contributed by atoms with E-state index in [9.17, 15) is 13.6 Å². The first-order valence-electron chi connectivity index (χ1n) is 7.17. The van der Waals surface area contributed by atoms with Crippen molar-refractivity contribution in [1.29, 1.82) is 0 Å². The van der Waals surface area contributed by atoms with E-state index in [-0.39, 0.29) is 5.56 Å². The van der Waals surface area contributed by atoms with Crippen LogP contribution in [0, 0.1) is 11.6 Å². The van der Waals surface area contributed by atoms with E-state index < -0.39 is 53.2 Å². The van der Waals surface area contributed by atoms with E-state index in [1.54, 1.807) is 27.7 Å². The average molecular weight is 347 g/mol. The predicted molar refractivity (Wildman–Crippen MR) is 82.4 cm³/mol. The highest BCUT2D eigenvalue weighted by molar-refractivity contribution is 6.48. The molecule has 1 saturated heterocycles. The van der Waals surface area contributed by atoms with Crippen LogP contribution in [0.4, 0.5) is 8.78 Å². The maximum Gasteiger partial charge on any atom is 0.466 e. The van der Waals surface area contributed by atoms with Gasteiger partial charge < -0.3 is 14.4 Å². The molecule has 4 nitrogen and oxygen atoms in total. The van der Waals surface area contributed by atoms with Gasteiger partial charge in [-0.05, 0) is 39.8 Å². The van der Waals surface area contributed by atoms with Crippen molar-refractivity contribution in [2.75, 3.05) is 0 Å². The van der Waals surface area contributed by atoms with Crippen LogP contribution < -0.4 is 0 Å². The Balaban J connectivity index is 2.48. The molecule has 0 saturated carbocycles. The van der Waals surface area contributed by atoms with Gasteiger partial charge in [-0.1, -0.05) is 11.6 Å². The molecule has 0 amide bonds. The molecule has 0 radical (unpaired) electrons. The van der Waals surface area contributed by atoms with Crippen molar-refractivity contribution >= 4 is 24.7 Å². The zero-order valence-corrected chi connectivity index (χ0v) is 14.1. The number of rotatable bonds is 4. The number of hydrogen-bond acceptors (Lipinski definition) is 3. The van der Waals surface area contributed by atoms with Crippen molar-refractivity contribution < 1.29 is 28.0 Å². The van der Waals surface area contributed by atoms with E-state index in [0.717, 1.165) is 12.1 Å². The number of aliphatic carboxylic acids is 1. The van der Waals surface area contributed by atoms with Crippen LogP contribution in [-0.4, -0.2) is 29.4 Å². The lowest BCUT2D eigenvalue weighted by Crippen LogP contribution is -2.41. The quantitative estimate of drug-likeness (QED) is 0.665. The molecule has 1 heterocycles. The van der Waals surface area contributed by atoms with Crippen LogP contribution in [0.25, 0.3) is 0 Å². The molecular formula is C15H18BClF2O4. The molecule has 1 unspecified atom stereocenters. The molecule has 23 heavy (non-hydrogen) atoms. The Hall–Kier alpha value is -1.18. The third-order valence-corrected chi connectivity index (χ3v) is 4.83. The standard InChI is InChI=1S/C15H18BClF2O4/c1-14(2)15(3,4)23-16(22-14)8(7-11(20)21)12-9(18)5-6-10(19)13(12)17/h5-6,8H,7H2,1-4H3,(H,20,21). The zero-order valence-electron chi connectivity index (χ0n) is 13.3. The highest BCUT2D eigenvalue weighted by Gasteiger charge is 2.55. The normalized spacial score (nSPS) is 20.6. The number of carboxylic acids is 1. The molecule has 0 aliphatic carbocycles. The fourth-order valence-corrected chi connectivity index (χ4v) is 2.75. The average Bonchev–Trinajstić information content (AvgIpc) is 2.61. The summed E-state index contributed by atoms with van der Waals surface area (Å²) in [5, 5.41) is 8.69. The summed E-state index contributed by atoms with van der Waals surface area (Å²) in [6, 6.07) is 1.81. The molecule has 1 atom stereocenters. The highest BCUT2D eigenvalue weighted by atomic mass is 35.5. The number of carbonyl (C=O) groups is 1. The minimum atomic E-state index is -1.19. The van der Waals surface area contributed by atoms with Gasteiger partial charge in [-0.2, -0.15) is 0 Å². The Morgan fingerprint density at radius 2 is 1.70 bits per heavy atom. The molecule has 0 aromatic heterocycles. The third-order valence-electron chi connectivity index (χ3n) is 4.44. The molecule has 1 aliphatic heterocycles. The molecule has 0 spiro atoms. The summed E-state index contributed by atoms with van der Waals surface area (Å²) in [6.07, 6.45) is -0.503. The SMILES string of the molecule is CC1(C)OB(C(CC(=O)O)c2c(F)ccc(F)c2Cl)OC1(C)C. The second-order valence-corrected chi connectivity index (χ2v) is 6.96. The second-order valence-electron chi connectivity index (χ2n) is 6.59. The lowest BCUT2D eigenvalue weighted by Gasteiger charge is -2.32. The lowest BCUT2D eigenvalue weighted by molar-refractivity contribution is -0.137. The number of hydrogen-bond donors (Lipinski definition) is 1. The van der Waals surface area contributed by atoms with E-state index in [1.807, 2.05) is 0 Å².